The zero-order valence-corrected chi connectivity index (χ0v) is 20.8. The maximum atomic E-state index is 11.2. The first-order valence-corrected chi connectivity index (χ1v) is 12.9. The van der Waals surface area contributed by atoms with Gasteiger partial charge in [0, 0.05) is 24.7 Å². The van der Waals surface area contributed by atoms with Crippen molar-refractivity contribution in [3.63, 3.8) is 0 Å². The second-order valence-electron chi connectivity index (χ2n) is 9.63. The Hall–Kier alpha value is -3.08. The molecule has 0 aromatic heterocycles. The van der Waals surface area contributed by atoms with E-state index in [-0.39, 0.29) is 0 Å². The van der Waals surface area contributed by atoms with Crippen molar-refractivity contribution in [3.8, 4) is 5.75 Å². The number of aliphatic hydroxyl groups is 1. The molecule has 0 radical (unpaired) electrons. The van der Waals surface area contributed by atoms with Gasteiger partial charge in [0.1, 0.15) is 12.4 Å². The van der Waals surface area contributed by atoms with E-state index in [1.807, 2.05) is 30.3 Å². The summed E-state index contributed by atoms with van der Waals surface area (Å²) in [6.07, 6.45) is 7.85. The average Bonchev–Trinajstić information content (AvgIpc) is 3.31. The van der Waals surface area contributed by atoms with E-state index in [1.165, 1.54) is 22.3 Å². The maximum Gasteiger partial charge on any atom is 0.143 e. The van der Waals surface area contributed by atoms with Gasteiger partial charge in [0.15, 0.2) is 0 Å². The van der Waals surface area contributed by atoms with Crippen LogP contribution >= 0.6 is 0 Å². The molecule has 3 N–H and O–H groups in total. The monoisotopic (exact) mass is 468 g/mol. The largest absolute Gasteiger partial charge is 0.487 e. The SMILES string of the molecule is CCc1cc2c(cc1CC)CC(NCC(O)c1ccc(OCc3ccccc3)c3c1C=CCN3)C2. The zero-order chi connectivity index (χ0) is 24.2. The van der Waals surface area contributed by atoms with Crippen LogP contribution in [0.5, 0.6) is 5.75 Å². The summed E-state index contributed by atoms with van der Waals surface area (Å²) >= 11 is 0. The van der Waals surface area contributed by atoms with Gasteiger partial charge in [-0.1, -0.05) is 74.5 Å². The van der Waals surface area contributed by atoms with Crippen LogP contribution in [-0.2, 0) is 32.3 Å². The van der Waals surface area contributed by atoms with Crippen molar-refractivity contribution in [1.82, 2.24) is 5.32 Å². The standard InChI is InChI=1S/C31H36N2O2/c1-3-22-15-24-17-26(18-25(24)16-23(22)4-2)33-19-29(34)27-12-13-30(31-28(27)11-8-14-32-31)35-20-21-9-6-5-7-10-21/h5-13,15-16,26,29,32-34H,3-4,14,17-20H2,1-2H3. The Morgan fingerprint density at radius 1 is 1.00 bits per heavy atom. The molecule has 0 saturated carbocycles. The Morgan fingerprint density at radius 2 is 1.71 bits per heavy atom. The zero-order valence-electron chi connectivity index (χ0n) is 20.8. The Labute approximate surface area is 209 Å². The Bertz CT molecular complexity index is 1170. The first kappa shape index (κ1) is 23.7. The van der Waals surface area contributed by atoms with E-state index in [2.05, 4.69) is 60.9 Å². The van der Waals surface area contributed by atoms with Gasteiger partial charge in [-0.05, 0) is 65.1 Å². The molecule has 1 heterocycles. The summed E-state index contributed by atoms with van der Waals surface area (Å²) < 4.78 is 6.15. The number of nitrogens with one attached hydrogen (secondary N) is 2. The van der Waals surface area contributed by atoms with Crippen LogP contribution in [-0.4, -0.2) is 24.2 Å². The van der Waals surface area contributed by atoms with Gasteiger partial charge >= 0.3 is 0 Å². The molecule has 0 spiro atoms. The van der Waals surface area contributed by atoms with E-state index in [1.54, 1.807) is 0 Å². The molecule has 0 amide bonds. The maximum absolute atomic E-state index is 11.2. The minimum Gasteiger partial charge on any atom is -0.487 e. The molecule has 1 aliphatic carbocycles. The molecule has 5 rings (SSSR count). The van der Waals surface area contributed by atoms with Gasteiger partial charge in [0.2, 0.25) is 0 Å². The summed E-state index contributed by atoms with van der Waals surface area (Å²) in [4.78, 5) is 0. The van der Waals surface area contributed by atoms with E-state index < -0.39 is 6.10 Å². The van der Waals surface area contributed by atoms with Crippen LogP contribution in [0.25, 0.3) is 6.08 Å². The molecule has 35 heavy (non-hydrogen) atoms. The third-order valence-corrected chi connectivity index (χ3v) is 7.33. The van der Waals surface area contributed by atoms with Crippen molar-refractivity contribution >= 4 is 11.8 Å². The number of hydrogen-bond acceptors (Lipinski definition) is 4. The molecule has 2 aliphatic rings. The number of benzene rings is 3. The third kappa shape index (κ3) is 5.14. The molecule has 0 fully saturated rings. The lowest BCUT2D eigenvalue weighted by atomic mass is 9.97. The lowest BCUT2D eigenvalue weighted by Crippen LogP contribution is -2.33. The van der Waals surface area contributed by atoms with E-state index >= 15 is 0 Å². The van der Waals surface area contributed by atoms with Gasteiger partial charge in [0.25, 0.3) is 0 Å². The predicted molar refractivity (Wildman–Crippen MR) is 144 cm³/mol. The molecule has 182 valence electrons. The van der Waals surface area contributed by atoms with Gasteiger partial charge in [-0.2, -0.15) is 0 Å². The highest BCUT2D eigenvalue weighted by atomic mass is 16.5. The fourth-order valence-electron chi connectivity index (χ4n) is 5.43. The van der Waals surface area contributed by atoms with Crippen LogP contribution in [0.1, 0.15) is 58.9 Å². The summed E-state index contributed by atoms with van der Waals surface area (Å²) in [5, 5.41) is 18.2. The van der Waals surface area contributed by atoms with E-state index in [9.17, 15) is 5.11 Å². The van der Waals surface area contributed by atoms with Crippen molar-refractivity contribution in [3.05, 3.63) is 99.6 Å². The van der Waals surface area contributed by atoms with E-state index in [0.29, 0.717) is 19.2 Å². The van der Waals surface area contributed by atoms with Gasteiger partial charge in [-0.3, -0.25) is 0 Å². The Balaban J connectivity index is 1.26. The highest BCUT2D eigenvalue weighted by molar-refractivity contribution is 5.78. The molecule has 3 aromatic rings. The van der Waals surface area contributed by atoms with Crippen LogP contribution in [0.2, 0.25) is 0 Å². The van der Waals surface area contributed by atoms with Crippen molar-refractivity contribution in [2.75, 3.05) is 18.4 Å². The van der Waals surface area contributed by atoms with Crippen molar-refractivity contribution in [2.24, 2.45) is 0 Å². The highest BCUT2D eigenvalue weighted by Gasteiger charge is 2.25. The fraction of sp³-hybridized carbons (Fsp3) is 0.355. The molecule has 1 unspecified atom stereocenters. The number of hydrogen-bond donors (Lipinski definition) is 3. The highest BCUT2D eigenvalue weighted by Crippen LogP contribution is 2.37. The predicted octanol–water partition coefficient (Wildman–Crippen LogP) is 5.62. The van der Waals surface area contributed by atoms with E-state index in [0.717, 1.165) is 60.4 Å². The average molecular weight is 469 g/mol. The molecule has 1 aliphatic heterocycles. The van der Waals surface area contributed by atoms with Crippen LogP contribution in [0, 0.1) is 0 Å². The topological polar surface area (TPSA) is 53.5 Å². The first-order chi connectivity index (χ1) is 17.2. The summed E-state index contributed by atoms with van der Waals surface area (Å²) in [6, 6.07) is 19.4. The summed E-state index contributed by atoms with van der Waals surface area (Å²) in [5.41, 5.74) is 9.94. The summed E-state index contributed by atoms with van der Waals surface area (Å²) in [7, 11) is 0. The number of aryl methyl sites for hydroxylation is 2. The van der Waals surface area contributed by atoms with Crippen LogP contribution < -0.4 is 15.4 Å². The second-order valence-corrected chi connectivity index (χ2v) is 9.63. The molecule has 0 bridgehead atoms. The molecular formula is C31H36N2O2. The fourth-order valence-corrected chi connectivity index (χ4v) is 5.43. The van der Waals surface area contributed by atoms with Crippen molar-refractivity contribution in [1.29, 1.82) is 0 Å². The normalized spacial score (nSPS) is 15.4. The first-order valence-electron chi connectivity index (χ1n) is 12.9. The third-order valence-electron chi connectivity index (χ3n) is 7.33. The minimum atomic E-state index is -0.586. The Morgan fingerprint density at radius 3 is 2.40 bits per heavy atom. The van der Waals surface area contributed by atoms with Crippen LogP contribution in [0.4, 0.5) is 5.69 Å². The van der Waals surface area contributed by atoms with E-state index in [4.69, 9.17) is 4.74 Å². The summed E-state index contributed by atoms with van der Waals surface area (Å²) in [5.74, 6) is 0.821. The van der Waals surface area contributed by atoms with Gasteiger partial charge < -0.3 is 20.5 Å². The number of rotatable bonds is 9. The molecule has 0 saturated heterocycles. The number of ether oxygens (including phenoxy) is 1. The minimum absolute atomic E-state index is 0.370. The molecule has 4 nitrogen and oxygen atoms in total. The van der Waals surface area contributed by atoms with Gasteiger partial charge in [-0.25, -0.2) is 0 Å². The van der Waals surface area contributed by atoms with Crippen LogP contribution in [0.3, 0.4) is 0 Å². The Kier molecular flexibility index (Phi) is 7.21. The number of aliphatic hydroxyl groups excluding tert-OH is 1. The molecule has 4 heteroatoms. The van der Waals surface area contributed by atoms with Crippen molar-refractivity contribution in [2.45, 2.75) is 58.3 Å². The second kappa shape index (κ2) is 10.7. The lowest BCUT2D eigenvalue weighted by Gasteiger charge is -2.24. The smallest absolute Gasteiger partial charge is 0.143 e. The lowest BCUT2D eigenvalue weighted by molar-refractivity contribution is 0.170. The van der Waals surface area contributed by atoms with Crippen LogP contribution in [0.15, 0.2) is 60.7 Å². The summed E-state index contributed by atoms with van der Waals surface area (Å²) in [6.45, 7) is 6.29. The number of fused-ring (bicyclic) bond motifs is 2. The van der Waals surface area contributed by atoms with Gasteiger partial charge in [-0.15, -0.1) is 0 Å². The molecule has 1 atom stereocenters. The number of anilines is 1. The molecule has 3 aromatic carbocycles. The van der Waals surface area contributed by atoms with Crippen molar-refractivity contribution < 1.29 is 9.84 Å². The quantitative estimate of drug-likeness (QED) is 0.382. The van der Waals surface area contributed by atoms with Gasteiger partial charge in [0.05, 0.1) is 11.8 Å². The molecular weight excluding hydrogens is 432 g/mol.